The van der Waals surface area contributed by atoms with Crippen molar-refractivity contribution in [2.45, 2.75) is 13.5 Å². The predicted octanol–water partition coefficient (Wildman–Crippen LogP) is 3.48. The number of nitrogens with one attached hydrogen (secondary N) is 1. The molecule has 0 unspecified atom stereocenters. The largest absolute Gasteiger partial charge is 0.484 e. The first kappa shape index (κ1) is 19.2. The minimum Gasteiger partial charge on any atom is -0.484 e. The van der Waals surface area contributed by atoms with Crippen LogP contribution in [0.1, 0.15) is 17.3 Å². The summed E-state index contributed by atoms with van der Waals surface area (Å²) in [6.45, 7) is -1.24. The van der Waals surface area contributed by atoms with E-state index in [-0.39, 0.29) is 19.0 Å². The van der Waals surface area contributed by atoms with Crippen LogP contribution in [0.15, 0.2) is 48.5 Å². The molecular formula is C18H17F2NO5. The zero-order valence-electron chi connectivity index (χ0n) is 13.9. The number of amides is 1. The molecule has 0 aliphatic carbocycles. The molecule has 1 N–H and O–H groups in total. The fraction of sp³-hybridized carbons (Fsp3) is 0.222. The van der Waals surface area contributed by atoms with Crippen LogP contribution in [-0.4, -0.2) is 31.7 Å². The molecule has 0 spiro atoms. The number of carbonyl (C=O) groups excluding carboxylic acids is 2. The molecular weight excluding hydrogens is 348 g/mol. The van der Waals surface area contributed by atoms with E-state index in [1.807, 2.05) is 0 Å². The van der Waals surface area contributed by atoms with Crippen LogP contribution >= 0.6 is 0 Å². The monoisotopic (exact) mass is 365 g/mol. The lowest BCUT2D eigenvalue weighted by molar-refractivity contribution is -0.118. The van der Waals surface area contributed by atoms with E-state index in [1.54, 1.807) is 25.1 Å². The van der Waals surface area contributed by atoms with E-state index in [2.05, 4.69) is 10.1 Å². The Bertz CT molecular complexity index is 750. The van der Waals surface area contributed by atoms with Crippen LogP contribution in [0.2, 0.25) is 0 Å². The number of esters is 1. The zero-order chi connectivity index (χ0) is 18.9. The fourth-order valence-corrected chi connectivity index (χ4v) is 1.99. The van der Waals surface area contributed by atoms with Gasteiger partial charge in [-0.1, -0.05) is 6.07 Å². The van der Waals surface area contributed by atoms with E-state index in [4.69, 9.17) is 9.47 Å². The molecule has 2 rings (SSSR count). The summed E-state index contributed by atoms with van der Waals surface area (Å²) in [5.41, 5.74) is 0.722. The molecule has 26 heavy (non-hydrogen) atoms. The SMILES string of the molecule is CCOC(=O)c1cccc(OCC(=O)Nc2ccc(OC(F)F)cc2)c1. The standard InChI is InChI=1S/C18H17F2NO5/c1-2-24-17(23)12-4-3-5-15(10-12)25-11-16(22)21-13-6-8-14(9-7-13)26-18(19)20/h3-10,18H,2,11H2,1H3,(H,21,22). The first-order valence-corrected chi connectivity index (χ1v) is 7.72. The Kier molecular flexibility index (Phi) is 6.90. The third-order valence-corrected chi connectivity index (χ3v) is 3.08. The summed E-state index contributed by atoms with van der Waals surface area (Å²) in [6, 6.07) is 11.7. The van der Waals surface area contributed by atoms with Crippen LogP contribution in [0.25, 0.3) is 0 Å². The molecule has 0 aliphatic rings. The third kappa shape index (κ3) is 6.04. The van der Waals surface area contributed by atoms with Crippen molar-refractivity contribution in [1.82, 2.24) is 0 Å². The molecule has 0 heterocycles. The minimum atomic E-state index is -2.91. The summed E-state index contributed by atoms with van der Waals surface area (Å²) in [6.07, 6.45) is 0. The van der Waals surface area contributed by atoms with Gasteiger partial charge in [0.2, 0.25) is 0 Å². The predicted molar refractivity (Wildman–Crippen MR) is 89.6 cm³/mol. The van der Waals surface area contributed by atoms with E-state index in [9.17, 15) is 18.4 Å². The Morgan fingerprint density at radius 3 is 2.46 bits per heavy atom. The van der Waals surface area contributed by atoms with Gasteiger partial charge in [0.05, 0.1) is 12.2 Å². The summed E-state index contributed by atoms with van der Waals surface area (Å²) in [5.74, 6) is -0.598. The van der Waals surface area contributed by atoms with Gasteiger partial charge in [-0.15, -0.1) is 0 Å². The third-order valence-electron chi connectivity index (χ3n) is 3.08. The van der Waals surface area contributed by atoms with E-state index in [0.717, 1.165) is 0 Å². The number of carbonyl (C=O) groups is 2. The number of halogens is 2. The molecule has 0 aromatic heterocycles. The van der Waals surface area contributed by atoms with E-state index < -0.39 is 18.5 Å². The van der Waals surface area contributed by atoms with Gasteiger partial charge in [0.25, 0.3) is 5.91 Å². The van der Waals surface area contributed by atoms with Crippen molar-refractivity contribution in [3.63, 3.8) is 0 Å². The molecule has 138 valence electrons. The highest BCUT2D eigenvalue weighted by atomic mass is 19.3. The second-order valence-corrected chi connectivity index (χ2v) is 4.99. The Morgan fingerprint density at radius 2 is 1.81 bits per heavy atom. The van der Waals surface area contributed by atoms with Gasteiger partial charge in [-0.3, -0.25) is 4.79 Å². The lowest BCUT2D eigenvalue weighted by Gasteiger charge is -2.09. The second-order valence-electron chi connectivity index (χ2n) is 4.99. The number of rotatable bonds is 8. The molecule has 1 amide bonds. The Labute approximate surface area is 148 Å². The normalized spacial score (nSPS) is 10.3. The van der Waals surface area contributed by atoms with Gasteiger partial charge in [-0.2, -0.15) is 8.78 Å². The number of hydrogen-bond donors (Lipinski definition) is 1. The van der Waals surface area contributed by atoms with Crippen LogP contribution in [0.4, 0.5) is 14.5 Å². The molecule has 0 saturated carbocycles. The van der Waals surface area contributed by atoms with Crippen molar-refractivity contribution in [3.8, 4) is 11.5 Å². The minimum absolute atomic E-state index is 0.00923. The van der Waals surface area contributed by atoms with Gasteiger partial charge in [0, 0.05) is 5.69 Å². The summed E-state index contributed by atoms with van der Waals surface area (Å²) in [7, 11) is 0. The van der Waals surface area contributed by atoms with Crippen LogP contribution in [0.5, 0.6) is 11.5 Å². The topological polar surface area (TPSA) is 73.9 Å². The molecule has 0 fully saturated rings. The van der Waals surface area contributed by atoms with E-state index in [1.165, 1.54) is 30.3 Å². The van der Waals surface area contributed by atoms with Gasteiger partial charge < -0.3 is 19.5 Å². The average molecular weight is 365 g/mol. The number of hydrogen-bond acceptors (Lipinski definition) is 5. The van der Waals surface area contributed by atoms with Gasteiger partial charge in [0.1, 0.15) is 11.5 Å². The lowest BCUT2D eigenvalue weighted by atomic mass is 10.2. The molecule has 0 atom stereocenters. The highest BCUT2D eigenvalue weighted by Gasteiger charge is 2.09. The van der Waals surface area contributed by atoms with Crippen molar-refractivity contribution in [2.24, 2.45) is 0 Å². The maximum absolute atomic E-state index is 12.1. The average Bonchev–Trinajstić information content (AvgIpc) is 2.62. The Hall–Kier alpha value is -3.16. The van der Waals surface area contributed by atoms with Gasteiger partial charge in [-0.05, 0) is 49.4 Å². The van der Waals surface area contributed by atoms with Crippen molar-refractivity contribution < 1.29 is 32.6 Å². The van der Waals surface area contributed by atoms with Crippen LogP contribution in [-0.2, 0) is 9.53 Å². The molecule has 8 heteroatoms. The summed E-state index contributed by atoms with van der Waals surface area (Å²) >= 11 is 0. The number of benzene rings is 2. The highest BCUT2D eigenvalue weighted by Crippen LogP contribution is 2.18. The van der Waals surface area contributed by atoms with Crippen molar-refractivity contribution in [1.29, 1.82) is 0 Å². The molecule has 0 saturated heterocycles. The maximum Gasteiger partial charge on any atom is 0.387 e. The fourth-order valence-electron chi connectivity index (χ4n) is 1.99. The second kappa shape index (κ2) is 9.36. The van der Waals surface area contributed by atoms with Crippen LogP contribution in [0, 0.1) is 0 Å². The zero-order valence-corrected chi connectivity index (χ0v) is 13.9. The van der Waals surface area contributed by atoms with E-state index in [0.29, 0.717) is 17.0 Å². The van der Waals surface area contributed by atoms with E-state index >= 15 is 0 Å². The summed E-state index contributed by atoms with van der Waals surface area (Å²) < 4.78 is 38.6. The molecule has 0 bridgehead atoms. The first-order chi connectivity index (χ1) is 12.5. The molecule has 6 nitrogen and oxygen atoms in total. The number of ether oxygens (including phenoxy) is 3. The first-order valence-electron chi connectivity index (χ1n) is 7.72. The van der Waals surface area contributed by atoms with Gasteiger partial charge in [0.15, 0.2) is 6.61 Å². The summed E-state index contributed by atoms with van der Waals surface area (Å²) in [5, 5.41) is 2.55. The van der Waals surface area contributed by atoms with Crippen LogP contribution < -0.4 is 14.8 Å². The molecule has 2 aromatic carbocycles. The molecule has 2 aromatic rings. The highest BCUT2D eigenvalue weighted by molar-refractivity contribution is 5.92. The Morgan fingerprint density at radius 1 is 1.08 bits per heavy atom. The Balaban J connectivity index is 1.87. The van der Waals surface area contributed by atoms with Crippen molar-refractivity contribution in [3.05, 3.63) is 54.1 Å². The van der Waals surface area contributed by atoms with Crippen LogP contribution in [0.3, 0.4) is 0 Å². The van der Waals surface area contributed by atoms with Gasteiger partial charge in [-0.25, -0.2) is 4.79 Å². The van der Waals surface area contributed by atoms with Crippen molar-refractivity contribution >= 4 is 17.6 Å². The molecule has 0 aliphatic heterocycles. The lowest BCUT2D eigenvalue weighted by Crippen LogP contribution is -2.20. The molecule has 0 radical (unpaired) electrons. The maximum atomic E-state index is 12.1. The quantitative estimate of drug-likeness (QED) is 0.725. The van der Waals surface area contributed by atoms with Crippen molar-refractivity contribution in [2.75, 3.05) is 18.5 Å². The smallest absolute Gasteiger partial charge is 0.387 e. The summed E-state index contributed by atoms with van der Waals surface area (Å²) in [4.78, 5) is 23.5. The van der Waals surface area contributed by atoms with Gasteiger partial charge >= 0.3 is 12.6 Å². The number of anilines is 1. The number of alkyl halides is 2.